The molecule has 0 saturated carbocycles. The van der Waals surface area contributed by atoms with Crippen molar-refractivity contribution < 1.29 is 28.9 Å². The van der Waals surface area contributed by atoms with Crippen LogP contribution >= 0.6 is 0 Å². The quantitative estimate of drug-likeness (QED) is 0.107. The number of anilines is 2. The van der Waals surface area contributed by atoms with Crippen molar-refractivity contribution in [3.63, 3.8) is 0 Å². The second kappa shape index (κ2) is 18.8. The van der Waals surface area contributed by atoms with Crippen LogP contribution in [0.5, 0.6) is 11.5 Å². The van der Waals surface area contributed by atoms with Crippen molar-refractivity contribution in [3.05, 3.63) is 143 Å². The Hall–Kier alpha value is -5.60. The Labute approximate surface area is 331 Å². The lowest BCUT2D eigenvalue weighted by atomic mass is 9.95. The molecule has 0 bridgehead atoms. The van der Waals surface area contributed by atoms with Gasteiger partial charge < -0.3 is 29.1 Å². The molecule has 0 radical (unpaired) electrons. The molecule has 1 saturated heterocycles. The monoisotopic (exact) mass is 754 g/mol. The summed E-state index contributed by atoms with van der Waals surface area (Å²) in [5.41, 5.74) is 7.66. The van der Waals surface area contributed by atoms with E-state index in [0.29, 0.717) is 43.4 Å². The summed E-state index contributed by atoms with van der Waals surface area (Å²) in [4.78, 5) is 31.7. The van der Waals surface area contributed by atoms with Crippen LogP contribution in [0.3, 0.4) is 0 Å². The van der Waals surface area contributed by atoms with E-state index in [0.717, 1.165) is 70.6 Å². The fourth-order valence-corrected chi connectivity index (χ4v) is 7.49. The Balaban J connectivity index is 1.40. The highest BCUT2D eigenvalue weighted by Crippen LogP contribution is 2.38. The number of hydrogen-bond acceptors (Lipinski definition) is 6. The summed E-state index contributed by atoms with van der Waals surface area (Å²) in [6, 6.07) is 35.7. The van der Waals surface area contributed by atoms with Gasteiger partial charge in [0, 0.05) is 49.8 Å². The van der Waals surface area contributed by atoms with Crippen LogP contribution in [-0.2, 0) is 18.0 Å². The minimum Gasteiger partial charge on any atom is -0.488 e. The van der Waals surface area contributed by atoms with Gasteiger partial charge in [0.1, 0.15) is 24.7 Å². The standard InChI is InChI=1S/C48H54N2O6/c1-6-23-50(40-20-14-19-37(26-40)38-27-42(48(52)53)34(5)44(28-38)49(7-2)39-21-24-54-25-22-39)47(51)43-29-41(33(3)4)45(55-31-35-15-10-8-11-16-35)30-46(43)56-32-36-17-12-9-13-18-36/h8-20,26-30,33,39H,6-7,21-25,31-32H2,1-5H3,(H,52,53). The summed E-state index contributed by atoms with van der Waals surface area (Å²) in [5.74, 6) is 0.0506. The number of ether oxygens (including phenoxy) is 3. The smallest absolute Gasteiger partial charge is 0.336 e. The lowest BCUT2D eigenvalue weighted by molar-refractivity contribution is 0.0695. The zero-order valence-corrected chi connectivity index (χ0v) is 33.3. The van der Waals surface area contributed by atoms with Crippen molar-refractivity contribution in [2.24, 2.45) is 0 Å². The number of benzene rings is 5. The fourth-order valence-electron chi connectivity index (χ4n) is 7.49. The summed E-state index contributed by atoms with van der Waals surface area (Å²) in [7, 11) is 0. The summed E-state index contributed by atoms with van der Waals surface area (Å²) in [6.07, 6.45) is 2.50. The first kappa shape index (κ1) is 40.1. The molecule has 0 aromatic heterocycles. The van der Waals surface area contributed by atoms with Crippen LogP contribution in [0.25, 0.3) is 11.1 Å². The fraction of sp³-hybridized carbons (Fsp3) is 0.333. The second-order valence-electron chi connectivity index (χ2n) is 14.7. The maximum absolute atomic E-state index is 14.9. The number of carbonyl (C=O) groups excluding carboxylic acids is 1. The highest BCUT2D eigenvalue weighted by atomic mass is 16.5. The van der Waals surface area contributed by atoms with Gasteiger partial charge in [-0.3, -0.25) is 4.79 Å². The Morgan fingerprint density at radius 1 is 0.768 bits per heavy atom. The van der Waals surface area contributed by atoms with Crippen LogP contribution in [0.1, 0.15) is 95.8 Å². The third-order valence-electron chi connectivity index (χ3n) is 10.5. The van der Waals surface area contributed by atoms with E-state index >= 15 is 0 Å². The number of aromatic carboxylic acids is 1. The molecule has 0 unspecified atom stereocenters. The van der Waals surface area contributed by atoms with Crippen molar-refractivity contribution in [3.8, 4) is 22.6 Å². The molecule has 6 rings (SSSR count). The average Bonchev–Trinajstić information content (AvgIpc) is 3.22. The molecule has 0 spiro atoms. The predicted molar refractivity (Wildman–Crippen MR) is 224 cm³/mol. The third kappa shape index (κ3) is 9.43. The molecule has 1 aliphatic heterocycles. The van der Waals surface area contributed by atoms with E-state index in [9.17, 15) is 14.7 Å². The first-order chi connectivity index (χ1) is 27.2. The molecular weight excluding hydrogens is 701 g/mol. The van der Waals surface area contributed by atoms with E-state index in [4.69, 9.17) is 14.2 Å². The SMILES string of the molecule is CCCN(C(=O)c1cc(C(C)C)c(OCc2ccccc2)cc1OCc1ccccc1)c1cccc(-c2cc(C(=O)O)c(C)c(N(CC)C3CCOCC3)c2)c1. The topological polar surface area (TPSA) is 88.5 Å². The molecule has 56 heavy (non-hydrogen) atoms. The molecule has 5 aromatic rings. The number of carbonyl (C=O) groups is 2. The third-order valence-corrected chi connectivity index (χ3v) is 10.5. The molecule has 1 N–H and O–H groups in total. The number of rotatable bonds is 16. The van der Waals surface area contributed by atoms with Crippen LogP contribution < -0.4 is 19.3 Å². The summed E-state index contributed by atoms with van der Waals surface area (Å²) >= 11 is 0. The van der Waals surface area contributed by atoms with Gasteiger partial charge in [-0.1, -0.05) is 93.6 Å². The van der Waals surface area contributed by atoms with Crippen LogP contribution in [0.4, 0.5) is 11.4 Å². The summed E-state index contributed by atoms with van der Waals surface area (Å²) < 4.78 is 18.5. The van der Waals surface area contributed by atoms with Crippen molar-refractivity contribution in [2.45, 2.75) is 79.1 Å². The van der Waals surface area contributed by atoms with Gasteiger partial charge in [0.05, 0.1) is 11.1 Å². The van der Waals surface area contributed by atoms with Crippen molar-refractivity contribution in [1.29, 1.82) is 0 Å². The Morgan fingerprint density at radius 3 is 2.00 bits per heavy atom. The van der Waals surface area contributed by atoms with Crippen molar-refractivity contribution in [2.75, 3.05) is 36.1 Å². The van der Waals surface area contributed by atoms with Gasteiger partial charge in [0.15, 0.2) is 0 Å². The maximum atomic E-state index is 14.9. The van der Waals surface area contributed by atoms with Gasteiger partial charge in [-0.25, -0.2) is 4.79 Å². The first-order valence-corrected chi connectivity index (χ1v) is 19.8. The normalized spacial score (nSPS) is 13.0. The second-order valence-corrected chi connectivity index (χ2v) is 14.7. The molecule has 1 aliphatic rings. The molecule has 8 heteroatoms. The van der Waals surface area contributed by atoms with E-state index in [1.165, 1.54) is 0 Å². The van der Waals surface area contributed by atoms with Gasteiger partial charge in [-0.15, -0.1) is 0 Å². The zero-order valence-electron chi connectivity index (χ0n) is 33.3. The van der Waals surface area contributed by atoms with E-state index in [-0.39, 0.29) is 30.0 Å². The molecule has 0 aliphatic carbocycles. The highest BCUT2D eigenvalue weighted by Gasteiger charge is 2.27. The maximum Gasteiger partial charge on any atom is 0.336 e. The molecule has 5 aromatic carbocycles. The van der Waals surface area contributed by atoms with Gasteiger partial charge in [-0.05, 0) is 103 Å². The molecule has 292 valence electrons. The van der Waals surface area contributed by atoms with E-state index in [2.05, 4.69) is 38.7 Å². The minimum absolute atomic E-state index is 0.0708. The molecule has 1 amide bonds. The average molecular weight is 755 g/mol. The van der Waals surface area contributed by atoms with Gasteiger partial charge in [0.2, 0.25) is 0 Å². The summed E-state index contributed by atoms with van der Waals surface area (Å²) in [6.45, 7) is 13.5. The lowest BCUT2D eigenvalue weighted by Crippen LogP contribution is -2.40. The van der Waals surface area contributed by atoms with Crippen molar-refractivity contribution in [1.82, 2.24) is 0 Å². The minimum atomic E-state index is -0.965. The Bertz CT molecular complexity index is 2090. The lowest BCUT2D eigenvalue weighted by Gasteiger charge is -2.36. The van der Waals surface area contributed by atoms with Gasteiger partial charge in [0.25, 0.3) is 5.91 Å². The highest BCUT2D eigenvalue weighted by molar-refractivity contribution is 6.08. The zero-order chi connectivity index (χ0) is 39.6. The Kier molecular flexibility index (Phi) is 13.5. The Morgan fingerprint density at radius 2 is 1.41 bits per heavy atom. The molecular formula is C48H54N2O6. The molecule has 0 atom stereocenters. The van der Waals surface area contributed by atoms with Gasteiger partial charge >= 0.3 is 5.97 Å². The van der Waals surface area contributed by atoms with E-state index in [1.54, 1.807) is 11.0 Å². The summed E-state index contributed by atoms with van der Waals surface area (Å²) in [5, 5.41) is 10.3. The van der Waals surface area contributed by atoms with E-state index in [1.807, 2.05) is 104 Å². The predicted octanol–water partition coefficient (Wildman–Crippen LogP) is 10.7. The number of amides is 1. The number of carboxylic acid groups (broad SMARTS) is 1. The molecule has 1 heterocycles. The van der Waals surface area contributed by atoms with Crippen LogP contribution in [-0.4, -0.2) is 49.3 Å². The number of nitrogens with zero attached hydrogens (tertiary/aromatic N) is 2. The van der Waals surface area contributed by atoms with Crippen LogP contribution in [0.2, 0.25) is 0 Å². The van der Waals surface area contributed by atoms with Crippen LogP contribution in [0.15, 0.2) is 109 Å². The largest absolute Gasteiger partial charge is 0.488 e. The first-order valence-electron chi connectivity index (χ1n) is 19.8. The molecule has 8 nitrogen and oxygen atoms in total. The van der Waals surface area contributed by atoms with Crippen molar-refractivity contribution >= 4 is 23.3 Å². The molecule has 1 fully saturated rings. The van der Waals surface area contributed by atoms with Crippen LogP contribution in [0, 0.1) is 6.92 Å². The number of carboxylic acids is 1. The van der Waals surface area contributed by atoms with E-state index < -0.39 is 5.97 Å². The number of hydrogen-bond donors (Lipinski definition) is 1. The van der Waals surface area contributed by atoms with Gasteiger partial charge in [-0.2, -0.15) is 0 Å².